The van der Waals surface area contributed by atoms with Gasteiger partial charge in [-0.15, -0.1) is 11.3 Å². The first-order chi connectivity index (χ1) is 11.1. The molecule has 1 heterocycles. The van der Waals surface area contributed by atoms with Gasteiger partial charge in [-0.2, -0.15) is 0 Å². The number of hydrazine groups is 1. The molecule has 2 aliphatic rings. The fraction of sp³-hybridized carbons (Fsp3) is 0.647. The average molecular weight is 336 g/mol. The van der Waals surface area contributed by atoms with E-state index in [4.69, 9.17) is 0 Å². The van der Waals surface area contributed by atoms with Gasteiger partial charge in [0.05, 0.1) is 16.9 Å². The van der Waals surface area contributed by atoms with Crippen LogP contribution < -0.4 is 10.9 Å². The molecule has 0 aliphatic heterocycles. The van der Waals surface area contributed by atoms with E-state index in [9.17, 15) is 14.7 Å². The SMILES string of the molecule is O=C(CC1(O)CCCC1)NNC(=O)c1cc2c(s1)CCCCC2. The quantitative estimate of drug-likeness (QED) is 0.586. The van der Waals surface area contributed by atoms with Crippen molar-refractivity contribution in [1.82, 2.24) is 10.9 Å². The molecule has 0 aromatic carbocycles. The number of aliphatic hydroxyl groups is 1. The van der Waals surface area contributed by atoms with Crippen molar-refractivity contribution in [2.75, 3.05) is 0 Å². The van der Waals surface area contributed by atoms with Crippen molar-refractivity contribution in [2.45, 2.75) is 69.8 Å². The number of hydrogen-bond acceptors (Lipinski definition) is 4. The molecule has 0 radical (unpaired) electrons. The predicted molar refractivity (Wildman–Crippen MR) is 89.2 cm³/mol. The summed E-state index contributed by atoms with van der Waals surface area (Å²) in [4.78, 5) is 26.0. The van der Waals surface area contributed by atoms with Crippen LogP contribution >= 0.6 is 11.3 Å². The van der Waals surface area contributed by atoms with Gasteiger partial charge in [-0.1, -0.05) is 19.3 Å². The molecule has 3 N–H and O–H groups in total. The first-order valence-corrected chi connectivity index (χ1v) is 9.31. The summed E-state index contributed by atoms with van der Waals surface area (Å²) in [6.07, 6.45) is 8.98. The summed E-state index contributed by atoms with van der Waals surface area (Å²) in [5.74, 6) is -0.601. The van der Waals surface area contributed by atoms with Crippen molar-refractivity contribution in [1.29, 1.82) is 0 Å². The number of fused-ring (bicyclic) bond motifs is 1. The lowest BCUT2D eigenvalue weighted by atomic mass is 9.98. The summed E-state index contributed by atoms with van der Waals surface area (Å²) in [5, 5.41) is 10.2. The van der Waals surface area contributed by atoms with E-state index >= 15 is 0 Å². The van der Waals surface area contributed by atoms with E-state index in [1.54, 1.807) is 0 Å². The second-order valence-corrected chi connectivity index (χ2v) is 7.87. The summed E-state index contributed by atoms with van der Waals surface area (Å²) in [6.45, 7) is 0. The van der Waals surface area contributed by atoms with E-state index in [2.05, 4.69) is 10.9 Å². The highest BCUT2D eigenvalue weighted by atomic mass is 32.1. The molecule has 1 aromatic rings. The van der Waals surface area contributed by atoms with Crippen LogP contribution in [0.3, 0.4) is 0 Å². The van der Waals surface area contributed by atoms with Crippen molar-refractivity contribution in [3.8, 4) is 0 Å². The van der Waals surface area contributed by atoms with E-state index in [0.29, 0.717) is 17.7 Å². The predicted octanol–water partition coefficient (Wildman–Crippen LogP) is 2.47. The third kappa shape index (κ3) is 4.12. The Bertz CT molecular complexity index is 567. The minimum atomic E-state index is -0.894. The van der Waals surface area contributed by atoms with Crippen LogP contribution in [-0.4, -0.2) is 22.5 Å². The number of aryl methyl sites for hydroxylation is 2. The van der Waals surface area contributed by atoms with Crippen LogP contribution in [0, 0.1) is 0 Å². The number of rotatable bonds is 3. The molecule has 126 valence electrons. The molecule has 23 heavy (non-hydrogen) atoms. The fourth-order valence-corrected chi connectivity index (χ4v) is 4.67. The average Bonchev–Trinajstić information content (AvgIpc) is 3.06. The monoisotopic (exact) mass is 336 g/mol. The van der Waals surface area contributed by atoms with Crippen LogP contribution in [-0.2, 0) is 17.6 Å². The van der Waals surface area contributed by atoms with Gasteiger partial charge >= 0.3 is 0 Å². The highest BCUT2D eigenvalue weighted by molar-refractivity contribution is 7.14. The zero-order valence-corrected chi connectivity index (χ0v) is 14.1. The fourth-order valence-electron chi connectivity index (χ4n) is 3.52. The summed E-state index contributed by atoms with van der Waals surface area (Å²) in [5.41, 5.74) is 5.30. The second kappa shape index (κ2) is 7.01. The molecule has 1 aromatic heterocycles. The van der Waals surface area contributed by atoms with Gasteiger partial charge in [0.2, 0.25) is 5.91 Å². The topological polar surface area (TPSA) is 78.4 Å². The van der Waals surface area contributed by atoms with E-state index in [1.165, 1.54) is 41.0 Å². The van der Waals surface area contributed by atoms with Gasteiger partial charge in [0.15, 0.2) is 0 Å². The lowest BCUT2D eigenvalue weighted by molar-refractivity contribution is -0.126. The number of carbonyl (C=O) groups excluding carboxylic acids is 2. The van der Waals surface area contributed by atoms with Crippen LogP contribution in [0.25, 0.3) is 0 Å². The Hall–Kier alpha value is -1.40. The van der Waals surface area contributed by atoms with Crippen molar-refractivity contribution in [3.05, 3.63) is 21.4 Å². The van der Waals surface area contributed by atoms with Crippen LogP contribution in [0.5, 0.6) is 0 Å². The summed E-state index contributed by atoms with van der Waals surface area (Å²) >= 11 is 1.53. The number of thiophene rings is 1. The molecule has 0 atom stereocenters. The lowest BCUT2D eigenvalue weighted by Crippen LogP contribution is -2.44. The number of nitrogens with one attached hydrogen (secondary N) is 2. The Kier molecular flexibility index (Phi) is 5.02. The molecule has 3 rings (SSSR count). The van der Waals surface area contributed by atoms with E-state index in [0.717, 1.165) is 25.7 Å². The molecule has 1 saturated carbocycles. The Morgan fingerprint density at radius 1 is 1.09 bits per heavy atom. The normalized spacial score (nSPS) is 19.7. The number of amides is 2. The van der Waals surface area contributed by atoms with Gasteiger partial charge in [0.25, 0.3) is 5.91 Å². The van der Waals surface area contributed by atoms with Gasteiger partial charge < -0.3 is 5.11 Å². The Morgan fingerprint density at radius 3 is 2.61 bits per heavy atom. The molecular weight excluding hydrogens is 312 g/mol. The zero-order valence-electron chi connectivity index (χ0n) is 13.3. The standard InChI is InChI=1S/C17H24N2O3S/c20-15(11-17(22)8-4-5-9-17)18-19-16(21)14-10-12-6-2-1-3-7-13(12)23-14/h10,22H,1-9,11H2,(H,18,20)(H,19,21). The Balaban J connectivity index is 1.52. The van der Waals surface area contributed by atoms with Crippen LogP contribution in [0.15, 0.2) is 6.07 Å². The maximum atomic E-state index is 12.2. The van der Waals surface area contributed by atoms with Crippen molar-refractivity contribution in [3.63, 3.8) is 0 Å². The molecule has 0 spiro atoms. The van der Waals surface area contributed by atoms with Gasteiger partial charge in [-0.05, 0) is 50.2 Å². The van der Waals surface area contributed by atoms with Crippen LogP contribution in [0.4, 0.5) is 0 Å². The minimum Gasteiger partial charge on any atom is -0.389 e. The third-order valence-corrected chi connectivity index (χ3v) is 6.05. The van der Waals surface area contributed by atoms with E-state index in [1.807, 2.05) is 6.07 Å². The second-order valence-electron chi connectivity index (χ2n) is 6.73. The zero-order chi connectivity index (χ0) is 16.3. The van der Waals surface area contributed by atoms with Gasteiger partial charge in [0.1, 0.15) is 0 Å². The van der Waals surface area contributed by atoms with Gasteiger partial charge in [0, 0.05) is 4.88 Å². The molecule has 6 heteroatoms. The summed E-state index contributed by atoms with van der Waals surface area (Å²) < 4.78 is 0. The number of hydrogen-bond donors (Lipinski definition) is 3. The maximum absolute atomic E-state index is 12.2. The highest BCUT2D eigenvalue weighted by Crippen LogP contribution is 2.32. The molecular formula is C17H24N2O3S. The number of carbonyl (C=O) groups is 2. The van der Waals surface area contributed by atoms with Crippen molar-refractivity contribution in [2.24, 2.45) is 0 Å². The molecule has 5 nitrogen and oxygen atoms in total. The molecule has 0 bridgehead atoms. The summed E-state index contributed by atoms with van der Waals surface area (Å²) in [6, 6.07) is 1.96. The molecule has 2 aliphatic carbocycles. The van der Waals surface area contributed by atoms with Crippen molar-refractivity contribution < 1.29 is 14.7 Å². The first kappa shape index (κ1) is 16.5. The third-order valence-electron chi connectivity index (χ3n) is 4.81. The van der Waals surface area contributed by atoms with Gasteiger partial charge in [-0.3, -0.25) is 20.4 Å². The van der Waals surface area contributed by atoms with E-state index < -0.39 is 5.60 Å². The van der Waals surface area contributed by atoms with Crippen molar-refractivity contribution >= 4 is 23.2 Å². The van der Waals surface area contributed by atoms with Gasteiger partial charge in [-0.25, -0.2) is 0 Å². The maximum Gasteiger partial charge on any atom is 0.279 e. The Morgan fingerprint density at radius 2 is 1.83 bits per heavy atom. The van der Waals surface area contributed by atoms with E-state index in [-0.39, 0.29) is 18.2 Å². The highest BCUT2D eigenvalue weighted by Gasteiger charge is 2.33. The molecule has 1 fully saturated rings. The van der Waals surface area contributed by atoms with Crippen LogP contribution in [0.1, 0.15) is 71.5 Å². The molecule has 2 amide bonds. The lowest BCUT2D eigenvalue weighted by Gasteiger charge is -2.21. The van der Waals surface area contributed by atoms with Crippen LogP contribution in [0.2, 0.25) is 0 Å². The molecule has 0 unspecified atom stereocenters. The minimum absolute atomic E-state index is 0.0498. The first-order valence-electron chi connectivity index (χ1n) is 8.49. The Labute approximate surface area is 140 Å². The summed E-state index contributed by atoms with van der Waals surface area (Å²) in [7, 11) is 0. The smallest absolute Gasteiger partial charge is 0.279 e. The molecule has 0 saturated heterocycles. The largest absolute Gasteiger partial charge is 0.389 e.